The van der Waals surface area contributed by atoms with Gasteiger partial charge in [-0.2, -0.15) is 0 Å². The summed E-state index contributed by atoms with van der Waals surface area (Å²) in [5, 5.41) is 3.68. The summed E-state index contributed by atoms with van der Waals surface area (Å²) in [5.74, 6) is 0. The molecule has 2 atom stereocenters. The number of benzene rings is 1. The number of hydrogen-bond donors (Lipinski definition) is 1. The Balaban J connectivity index is 2.34. The molecule has 1 aliphatic heterocycles. The standard InChI is InChI=1S/C15H18BrN/c1-3-6-11-10-13-12(8-5-9-14(13)16)15(17-11)7-4-2/h3-5,8-9,11,15,17H,1-2,6-7,10H2/t11-,15-/m1/s1. The van der Waals surface area contributed by atoms with E-state index in [0.717, 1.165) is 19.3 Å². The van der Waals surface area contributed by atoms with Crippen LogP contribution in [0.25, 0.3) is 0 Å². The molecule has 17 heavy (non-hydrogen) atoms. The topological polar surface area (TPSA) is 12.0 Å². The van der Waals surface area contributed by atoms with Crippen LogP contribution >= 0.6 is 15.9 Å². The van der Waals surface area contributed by atoms with Crippen molar-refractivity contribution in [2.75, 3.05) is 0 Å². The first-order valence-corrected chi connectivity index (χ1v) is 6.80. The van der Waals surface area contributed by atoms with E-state index in [-0.39, 0.29) is 0 Å². The van der Waals surface area contributed by atoms with Crippen molar-refractivity contribution in [3.8, 4) is 0 Å². The molecule has 1 aromatic rings. The number of hydrogen-bond acceptors (Lipinski definition) is 1. The smallest absolute Gasteiger partial charge is 0.0360 e. The summed E-state index contributed by atoms with van der Waals surface area (Å²) < 4.78 is 1.22. The second-order valence-corrected chi connectivity index (χ2v) is 5.33. The van der Waals surface area contributed by atoms with Crippen LogP contribution in [0.1, 0.15) is 30.0 Å². The van der Waals surface area contributed by atoms with E-state index in [1.807, 2.05) is 12.2 Å². The Morgan fingerprint density at radius 2 is 2.06 bits per heavy atom. The molecule has 1 N–H and O–H groups in total. The van der Waals surface area contributed by atoms with Gasteiger partial charge in [0, 0.05) is 16.6 Å². The highest BCUT2D eigenvalue weighted by Crippen LogP contribution is 2.33. The monoisotopic (exact) mass is 291 g/mol. The highest BCUT2D eigenvalue weighted by atomic mass is 79.9. The molecule has 2 heteroatoms. The highest BCUT2D eigenvalue weighted by molar-refractivity contribution is 9.10. The third-order valence-corrected chi connectivity index (χ3v) is 4.01. The molecule has 90 valence electrons. The summed E-state index contributed by atoms with van der Waals surface area (Å²) in [7, 11) is 0. The van der Waals surface area contributed by atoms with E-state index in [9.17, 15) is 0 Å². The molecule has 0 radical (unpaired) electrons. The third kappa shape index (κ3) is 2.70. The van der Waals surface area contributed by atoms with E-state index >= 15 is 0 Å². The molecular formula is C15H18BrN. The molecule has 0 unspecified atom stereocenters. The maximum absolute atomic E-state index is 3.85. The van der Waals surface area contributed by atoms with Crippen LogP contribution in [0.3, 0.4) is 0 Å². The Bertz CT molecular complexity index is 425. The predicted octanol–water partition coefficient (Wildman–Crippen LogP) is 4.16. The summed E-state index contributed by atoms with van der Waals surface area (Å²) in [6.45, 7) is 7.68. The Morgan fingerprint density at radius 3 is 2.76 bits per heavy atom. The Labute approximate surface area is 112 Å². The maximum Gasteiger partial charge on any atom is 0.0360 e. The van der Waals surface area contributed by atoms with Crippen LogP contribution in [-0.2, 0) is 6.42 Å². The molecule has 0 spiro atoms. The molecule has 0 saturated carbocycles. The zero-order chi connectivity index (χ0) is 12.3. The van der Waals surface area contributed by atoms with Crippen LogP contribution in [0.15, 0.2) is 48.0 Å². The fourth-order valence-corrected chi connectivity index (χ4v) is 3.05. The van der Waals surface area contributed by atoms with Gasteiger partial charge in [-0.05, 0) is 36.5 Å². The minimum absolute atomic E-state index is 0.388. The first-order valence-electron chi connectivity index (χ1n) is 6.01. The Hall–Kier alpha value is -0.860. The van der Waals surface area contributed by atoms with Gasteiger partial charge in [0.15, 0.2) is 0 Å². The normalized spacial score (nSPS) is 22.9. The second kappa shape index (κ2) is 5.65. The summed E-state index contributed by atoms with van der Waals surface area (Å²) in [6, 6.07) is 7.32. The van der Waals surface area contributed by atoms with Crippen molar-refractivity contribution >= 4 is 15.9 Å². The van der Waals surface area contributed by atoms with E-state index in [2.05, 4.69) is 52.6 Å². The van der Waals surface area contributed by atoms with Crippen LogP contribution in [0.2, 0.25) is 0 Å². The zero-order valence-corrected chi connectivity index (χ0v) is 11.5. The molecule has 0 aromatic heterocycles. The van der Waals surface area contributed by atoms with Crippen LogP contribution in [0, 0.1) is 0 Å². The van der Waals surface area contributed by atoms with Gasteiger partial charge in [-0.1, -0.05) is 40.2 Å². The molecule has 1 nitrogen and oxygen atoms in total. The maximum atomic E-state index is 3.85. The van der Waals surface area contributed by atoms with Crippen molar-refractivity contribution in [1.29, 1.82) is 0 Å². The van der Waals surface area contributed by atoms with E-state index in [1.54, 1.807) is 0 Å². The third-order valence-electron chi connectivity index (χ3n) is 3.27. The second-order valence-electron chi connectivity index (χ2n) is 4.48. The molecule has 1 heterocycles. The van der Waals surface area contributed by atoms with Crippen molar-refractivity contribution in [2.45, 2.75) is 31.3 Å². The number of rotatable bonds is 4. The number of halogens is 1. The zero-order valence-electron chi connectivity index (χ0n) is 9.95. The lowest BCUT2D eigenvalue weighted by Crippen LogP contribution is -2.39. The highest BCUT2D eigenvalue weighted by Gasteiger charge is 2.25. The summed E-state index contributed by atoms with van der Waals surface area (Å²) in [6.07, 6.45) is 7.02. The minimum atomic E-state index is 0.388. The first-order chi connectivity index (χ1) is 8.26. The van der Waals surface area contributed by atoms with Crippen molar-refractivity contribution in [2.24, 2.45) is 0 Å². The predicted molar refractivity (Wildman–Crippen MR) is 77.1 cm³/mol. The van der Waals surface area contributed by atoms with Gasteiger partial charge in [0.05, 0.1) is 0 Å². The molecule has 1 aromatic carbocycles. The lowest BCUT2D eigenvalue weighted by Gasteiger charge is -2.33. The fourth-order valence-electron chi connectivity index (χ4n) is 2.51. The lowest BCUT2D eigenvalue weighted by atomic mass is 9.87. The molecule has 0 fully saturated rings. The molecule has 0 saturated heterocycles. The molecule has 0 aliphatic carbocycles. The van der Waals surface area contributed by atoms with Crippen LogP contribution in [0.4, 0.5) is 0 Å². The van der Waals surface area contributed by atoms with Crippen molar-refractivity contribution < 1.29 is 0 Å². The van der Waals surface area contributed by atoms with E-state index in [0.29, 0.717) is 12.1 Å². The van der Waals surface area contributed by atoms with E-state index in [1.165, 1.54) is 15.6 Å². The molecule has 0 bridgehead atoms. The van der Waals surface area contributed by atoms with Crippen LogP contribution in [0.5, 0.6) is 0 Å². The van der Waals surface area contributed by atoms with Gasteiger partial charge in [-0.3, -0.25) is 0 Å². The van der Waals surface area contributed by atoms with Gasteiger partial charge >= 0.3 is 0 Å². The van der Waals surface area contributed by atoms with Gasteiger partial charge < -0.3 is 5.32 Å². The van der Waals surface area contributed by atoms with Crippen molar-refractivity contribution in [1.82, 2.24) is 5.32 Å². The summed E-state index contributed by atoms with van der Waals surface area (Å²) in [5.41, 5.74) is 2.84. The van der Waals surface area contributed by atoms with Gasteiger partial charge in [0.1, 0.15) is 0 Å². The molecule has 0 amide bonds. The fraction of sp³-hybridized carbons (Fsp3) is 0.333. The number of fused-ring (bicyclic) bond motifs is 1. The Kier molecular flexibility index (Phi) is 4.19. The van der Waals surface area contributed by atoms with Crippen molar-refractivity contribution in [3.05, 3.63) is 59.1 Å². The van der Waals surface area contributed by atoms with E-state index in [4.69, 9.17) is 0 Å². The minimum Gasteiger partial charge on any atom is -0.306 e. The lowest BCUT2D eigenvalue weighted by molar-refractivity contribution is 0.405. The van der Waals surface area contributed by atoms with Crippen LogP contribution in [-0.4, -0.2) is 6.04 Å². The first kappa shape index (κ1) is 12.6. The average Bonchev–Trinajstić information content (AvgIpc) is 2.31. The van der Waals surface area contributed by atoms with Gasteiger partial charge in [0.25, 0.3) is 0 Å². The van der Waals surface area contributed by atoms with Gasteiger partial charge in [-0.25, -0.2) is 0 Å². The molecular weight excluding hydrogens is 274 g/mol. The summed E-state index contributed by atoms with van der Waals surface area (Å²) >= 11 is 3.66. The largest absolute Gasteiger partial charge is 0.306 e. The quantitative estimate of drug-likeness (QED) is 0.822. The molecule has 2 rings (SSSR count). The molecule has 1 aliphatic rings. The van der Waals surface area contributed by atoms with Crippen LogP contribution < -0.4 is 5.32 Å². The number of nitrogens with one attached hydrogen (secondary N) is 1. The summed E-state index contributed by atoms with van der Waals surface area (Å²) in [4.78, 5) is 0. The van der Waals surface area contributed by atoms with Crippen molar-refractivity contribution in [3.63, 3.8) is 0 Å². The van der Waals surface area contributed by atoms with Gasteiger partial charge in [-0.15, -0.1) is 13.2 Å². The van der Waals surface area contributed by atoms with E-state index < -0.39 is 0 Å². The Morgan fingerprint density at radius 1 is 1.29 bits per heavy atom. The van der Waals surface area contributed by atoms with Gasteiger partial charge in [0.2, 0.25) is 0 Å². The average molecular weight is 292 g/mol. The SMILES string of the molecule is C=CC[C@@H]1Cc2c(Br)cccc2[C@@H](CC=C)N1.